The maximum atomic E-state index is 13.0. The quantitative estimate of drug-likeness (QED) is 0.874. The molecule has 2 aliphatic rings. The second kappa shape index (κ2) is 6.60. The van der Waals surface area contributed by atoms with Crippen molar-refractivity contribution in [3.63, 3.8) is 0 Å². The van der Waals surface area contributed by atoms with Crippen LogP contribution in [0.5, 0.6) is 5.75 Å². The van der Waals surface area contributed by atoms with Gasteiger partial charge >= 0.3 is 0 Å². The van der Waals surface area contributed by atoms with E-state index in [1.165, 1.54) is 0 Å². The van der Waals surface area contributed by atoms with Gasteiger partial charge in [0, 0.05) is 23.3 Å². The van der Waals surface area contributed by atoms with Crippen LogP contribution in [-0.4, -0.2) is 39.5 Å². The molecule has 1 aliphatic heterocycles. The third-order valence-corrected chi connectivity index (χ3v) is 4.84. The number of aryl methyl sites for hydroxylation is 1. The lowest BCUT2D eigenvalue weighted by molar-refractivity contribution is 0.195. The number of allylic oxidation sites excluding steroid dienone is 1. The highest BCUT2D eigenvalue weighted by Gasteiger charge is 2.26. The van der Waals surface area contributed by atoms with Gasteiger partial charge in [-0.1, -0.05) is 6.07 Å². The maximum absolute atomic E-state index is 13.0. The normalized spacial score (nSPS) is 18.9. The van der Waals surface area contributed by atoms with Gasteiger partial charge in [-0.3, -0.25) is 0 Å². The predicted octanol–water partition coefficient (Wildman–Crippen LogP) is 3.31. The molecule has 8 heteroatoms. The van der Waals surface area contributed by atoms with Crippen LogP contribution in [0.15, 0.2) is 18.2 Å². The Morgan fingerprint density at radius 3 is 2.73 bits per heavy atom. The number of aromatic hydroxyl groups is 1. The number of hydrogen-bond donors (Lipinski definition) is 2. The topological polar surface area (TPSA) is 80.2 Å². The highest BCUT2D eigenvalue weighted by Crippen LogP contribution is 2.44. The average Bonchev–Trinajstić information content (AvgIpc) is 3.26. The van der Waals surface area contributed by atoms with Gasteiger partial charge in [-0.25, -0.2) is 4.98 Å². The first-order chi connectivity index (χ1) is 12.5. The van der Waals surface area contributed by atoms with E-state index in [2.05, 4.69) is 20.5 Å². The standard InChI is InChI=1S/C18H18F2N4O2/c1-9-15(23-24-18(21-9)22-10-6-7-26-8-10)14-5-2-11-12(16(14)25)3-4-13(11)17(19)20/h2,5,10,25H,3-4,6-8H2,1H3,(H,21,22,24)/t10-/m1/s1. The minimum atomic E-state index is -1.69. The third-order valence-electron chi connectivity index (χ3n) is 4.84. The number of nitrogens with one attached hydrogen (secondary N) is 1. The summed E-state index contributed by atoms with van der Waals surface area (Å²) in [4.78, 5) is 4.41. The first-order valence-corrected chi connectivity index (χ1v) is 8.50. The fourth-order valence-corrected chi connectivity index (χ4v) is 3.49. The largest absolute Gasteiger partial charge is 0.507 e. The molecule has 0 amide bonds. The van der Waals surface area contributed by atoms with Crippen LogP contribution in [0.3, 0.4) is 0 Å². The molecule has 4 rings (SSSR count). The predicted molar refractivity (Wildman–Crippen MR) is 92.0 cm³/mol. The maximum Gasteiger partial charge on any atom is 0.274 e. The van der Waals surface area contributed by atoms with Crippen LogP contribution in [0.25, 0.3) is 16.8 Å². The van der Waals surface area contributed by atoms with Gasteiger partial charge in [0.05, 0.1) is 18.3 Å². The molecule has 0 radical (unpaired) electrons. The van der Waals surface area contributed by atoms with Crippen LogP contribution >= 0.6 is 0 Å². The Hall–Kier alpha value is -2.61. The van der Waals surface area contributed by atoms with Gasteiger partial charge in [0.15, 0.2) is 0 Å². The van der Waals surface area contributed by atoms with Crippen molar-refractivity contribution in [3.05, 3.63) is 35.0 Å². The SMILES string of the molecule is Cc1nc(N[C@@H]2CCOC2)nnc1-c1ccc2c(c1O)CCC2=C(F)F. The van der Waals surface area contributed by atoms with E-state index in [4.69, 9.17) is 4.74 Å². The molecular weight excluding hydrogens is 342 g/mol. The lowest BCUT2D eigenvalue weighted by atomic mass is 10.0. The summed E-state index contributed by atoms with van der Waals surface area (Å²) in [5.74, 6) is 0.384. The number of nitrogens with zero attached hydrogens (tertiary/aromatic N) is 3. The van der Waals surface area contributed by atoms with E-state index in [-0.39, 0.29) is 23.8 Å². The molecule has 0 saturated carbocycles. The van der Waals surface area contributed by atoms with Crippen molar-refractivity contribution in [2.45, 2.75) is 32.2 Å². The van der Waals surface area contributed by atoms with Crippen molar-refractivity contribution < 1.29 is 18.6 Å². The number of hydrogen-bond acceptors (Lipinski definition) is 6. The molecule has 0 bridgehead atoms. The van der Waals surface area contributed by atoms with Crippen molar-refractivity contribution in [1.29, 1.82) is 0 Å². The lowest BCUT2D eigenvalue weighted by Crippen LogP contribution is -2.21. The molecule has 26 heavy (non-hydrogen) atoms. The van der Waals surface area contributed by atoms with Crippen molar-refractivity contribution >= 4 is 11.5 Å². The third kappa shape index (κ3) is 2.90. The number of phenols is 1. The summed E-state index contributed by atoms with van der Waals surface area (Å²) in [6.07, 6.45) is -0.205. The van der Waals surface area contributed by atoms with Gasteiger partial charge < -0.3 is 15.2 Å². The molecule has 1 aliphatic carbocycles. The first kappa shape index (κ1) is 16.8. The van der Waals surface area contributed by atoms with Gasteiger partial charge in [-0.2, -0.15) is 8.78 Å². The Balaban J connectivity index is 1.67. The van der Waals surface area contributed by atoms with Crippen molar-refractivity contribution in [3.8, 4) is 17.0 Å². The highest BCUT2D eigenvalue weighted by molar-refractivity contribution is 5.81. The molecule has 136 valence electrons. The van der Waals surface area contributed by atoms with Crippen molar-refractivity contribution in [2.24, 2.45) is 0 Å². The minimum Gasteiger partial charge on any atom is -0.507 e. The molecule has 1 saturated heterocycles. The summed E-state index contributed by atoms with van der Waals surface area (Å²) in [5, 5.41) is 22.0. The summed E-state index contributed by atoms with van der Waals surface area (Å²) in [7, 11) is 0. The highest BCUT2D eigenvalue weighted by atomic mass is 19.3. The van der Waals surface area contributed by atoms with E-state index < -0.39 is 6.08 Å². The molecule has 0 spiro atoms. The Labute approximate surface area is 148 Å². The molecule has 1 atom stereocenters. The molecule has 2 aromatic rings. The van der Waals surface area contributed by atoms with E-state index in [9.17, 15) is 13.9 Å². The van der Waals surface area contributed by atoms with E-state index in [0.717, 1.165) is 6.42 Å². The Morgan fingerprint density at radius 1 is 1.23 bits per heavy atom. The summed E-state index contributed by atoms with van der Waals surface area (Å²) in [6.45, 7) is 3.09. The molecule has 1 aromatic carbocycles. The van der Waals surface area contributed by atoms with Gasteiger partial charge in [0.1, 0.15) is 11.4 Å². The van der Waals surface area contributed by atoms with Gasteiger partial charge in [0.2, 0.25) is 5.95 Å². The number of ether oxygens (including phenoxy) is 1. The molecule has 2 N–H and O–H groups in total. The summed E-state index contributed by atoms with van der Waals surface area (Å²) in [6, 6.07) is 3.37. The van der Waals surface area contributed by atoms with Crippen LogP contribution in [0.2, 0.25) is 0 Å². The van der Waals surface area contributed by atoms with Gasteiger partial charge in [-0.05, 0) is 37.8 Å². The number of halogens is 2. The summed E-state index contributed by atoms with van der Waals surface area (Å²) in [5.41, 5.74) is 2.43. The number of aromatic nitrogens is 3. The van der Waals surface area contributed by atoms with Crippen molar-refractivity contribution in [2.75, 3.05) is 18.5 Å². The molecule has 0 unspecified atom stereocenters. The molecule has 6 nitrogen and oxygen atoms in total. The first-order valence-electron chi connectivity index (χ1n) is 8.50. The molecule has 1 aromatic heterocycles. The zero-order chi connectivity index (χ0) is 18.3. The lowest BCUT2D eigenvalue weighted by Gasteiger charge is -2.13. The van der Waals surface area contributed by atoms with E-state index >= 15 is 0 Å². The number of benzene rings is 1. The fourth-order valence-electron chi connectivity index (χ4n) is 3.49. The van der Waals surface area contributed by atoms with Crippen LogP contribution in [0.4, 0.5) is 14.7 Å². The van der Waals surface area contributed by atoms with Gasteiger partial charge in [-0.15, -0.1) is 10.2 Å². The Bertz CT molecular complexity index is 891. The number of rotatable bonds is 3. The Kier molecular flexibility index (Phi) is 4.28. The second-order valence-electron chi connectivity index (χ2n) is 6.50. The van der Waals surface area contributed by atoms with Crippen LogP contribution in [-0.2, 0) is 11.2 Å². The number of anilines is 1. The van der Waals surface area contributed by atoms with Crippen molar-refractivity contribution in [1.82, 2.24) is 15.2 Å². The van der Waals surface area contributed by atoms with E-state index in [1.807, 2.05) is 0 Å². The summed E-state index contributed by atoms with van der Waals surface area (Å²) >= 11 is 0. The zero-order valence-electron chi connectivity index (χ0n) is 14.2. The van der Waals surface area contributed by atoms with Crippen LogP contribution < -0.4 is 5.32 Å². The smallest absolute Gasteiger partial charge is 0.274 e. The van der Waals surface area contributed by atoms with Gasteiger partial charge in [0.25, 0.3) is 6.08 Å². The van der Waals surface area contributed by atoms with Crippen LogP contribution in [0, 0.1) is 6.92 Å². The monoisotopic (exact) mass is 360 g/mol. The number of fused-ring (bicyclic) bond motifs is 1. The summed E-state index contributed by atoms with van der Waals surface area (Å²) < 4.78 is 31.3. The fraction of sp³-hybridized carbons (Fsp3) is 0.389. The van der Waals surface area contributed by atoms with Crippen LogP contribution in [0.1, 0.15) is 29.7 Å². The molecule has 2 heterocycles. The van der Waals surface area contributed by atoms with E-state index in [1.54, 1.807) is 19.1 Å². The van der Waals surface area contributed by atoms with E-state index in [0.29, 0.717) is 53.7 Å². The molecular formula is C18H18F2N4O2. The number of phenolic OH excluding ortho intramolecular Hbond substituents is 1. The molecule has 1 fully saturated rings. The zero-order valence-corrected chi connectivity index (χ0v) is 14.2. The second-order valence-corrected chi connectivity index (χ2v) is 6.50. The average molecular weight is 360 g/mol. The Morgan fingerprint density at radius 2 is 2.04 bits per heavy atom. The minimum absolute atomic E-state index is 0.00103.